The highest BCUT2D eigenvalue weighted by atomic mass is 32.1. The molecule has 4 N–H and O–H groups in total. The van der Waals surface area contributed by atoms with Crippen molar-refractivity contribution in [3.05, 3.63) is 53.5 Å². The summed E-state index contributed by atoms with van der Waals surface area (Å²) in [6.45, 7) is 8.08. The van der Waals surface area contributed by atoms with E-state index in [1.54, 1.807) is 6.20 Å². The fourth-order valence-corrected chi connectivity index (χ4v) is 4.62. The molecule has 3 heterocycles. The van der Waals surface area contributed by atoms with Crippen molar-refractivity contribution in [1.29, 1.82) is 0 Å². The van der Waals surface area contributed by atoms with Crippen LogP contribution in [0.5, 0.6) is 0 Å². The minimum absolute atomic E-state index is 0.0559. The predicted molar refractivity (Wildman–Crippen MR) is 150 cm³/mol. The van der Waals surface area contributed by atoms with E-state index >= 15 is 0 Å². The molecule has 0 radical (unpaired) electrons. The van der Waals surface area contributed by atoms with Crippen molar-refractivity contribution < 1.29 is 9.59 Å². The van der Waals surface area contributed by atoms with Crippen LogP contribution in [0.15, 0.2) is 36.5 Å². The summed E-state index contributed by atoms with van der Waals surface area (Å²) in [5.74, 6) is 0.695. The quantitative estimate of drug-likeness (QED) is 0.406. The Labute approximate surface area is 222 Å². The Morgan fingerprint density at radius 1 is 1.16 bits per heavy atom. The molecule has 2 aromatic heterocycles. The number of carbonyl (C=O) groups is 2. The smallest absolute Gasteiger partial charge is 0.271 e. The molecule has 0 spiro atoms. The zero-order valence-corrected chi connectivity index (χ0v) is 22.9. The lowest BCUT2D eigenvalue weighted by Crippen LogP contribution is -2.39. The van der Waals surface area contributed by atoms with Crippen molar-refractivity contribution >= 4 is 45.7 Å². The van der Waals surface area contributed by atoms with Crippen molar-refractivity contribution in [3.8, 4) is 0 Å². The molecule has 37 heavy (non-hydrogen) atoms. The van der Waals surface area contributed by atoms with Crippen LogP contribution in [0.1, 0.15) is 53.2 Å². The summed E-state index contributed by atoms with van der Waals surface area (Å²) in [5.41, 5.74) is 8.18. The summed E-state index contributed by atoms with van der Waals surface area (Å²) in [6, 6.07) is 9.45. The number of benzene rings is 1. The number of hydrogen-bond acceptors (Lipinski definition) is 9. The topological polar surface area (TPSA) is 129 Å². The average Bonchev–Trinajstić information content (AvgIpc) is 3.32. The molecule has 0 bridgehead atoms. The Morgan fingerprint density at radius 3 is 2.41 bits per heavy atom. The van der Waals surface area contributed by atoms with E-state index in [4.69, 9.17) is 5.73 Å². The first-order valence-electron chi connectivity index (χ1n) is 12.5. The van der Waals surface area contributed by atoms with E-state index in [1.807, 2.05) is 70.1 Å². The van der Waals surface area contributed by atoms with Gasteiger partial charge in [-0.25, -0.2) is 9.97 Å². The number of aromatic nitrogens is 3. The third-order valence-corrected chi connectivity index (χ3v) is 6.79. The van der Waals surface area contributed by atoms with Crippen LogP contribution in [-0.4, -0.2) is 59.9 Å². The Hall–Kier alpha value is -3.73. The van der Waals surface area contributed by atoms with Gasteiger partial charge < -0.3 is 26.2 Å². The number of anilines is 4. The Kier molecular flexibility index (Phi) is 9.78. The van der Waals surface area contributed by atoms with Gasteiger partial charge in [0.1, 0.15) is 10.8 Å². The Morgan fingerprint density at radius 2 is 1.84 bits per heavy atom. The van der Waals surface area contributed by atoms with Crippen molar-refractivity contribution in [3.63, 3.8) is 0 Å². The minimum atomic E-state index is -0.640. The molecule has 1 saturated heterocycles. The molecule has 11 heteroatoms. The second kappa shape index (κ2) is 13.0. The van der Waals surface area contributed by atoms with Crippen LogP contribution in [-0.2, 0) is 0 Å². The van der Waals surface area contributed by atoms with Gasteiger partial charge in [0.15, 0.2) is 11.5 Å². The lowest BCUT2D eigenvalue weighted by atomic mass is 9.96. The first kappa shape index (κ1) is 27.9. The number of nitrogens with two attached hydrogens (primary N) is 1. The summed E-state index contributed by atoms with van der Waals surface area (Å²) in [7, 11) is 3.94. The van der Waals surface area contributed by atoms with Crippen molar-refractivity contribution in [2.24, 2.45) is 11.7 Å². The Balaban J connectivity index is 0.00000186. The number of piperidine rings is 1. The van der Waals surface area contributed by atoms with Gasteiger partial charge in [-0.05, 0) is 67.5 Å². The molecule has 1 aliphatic rings. The van der Waals surface area contributed by atoms with Crippen LogP contribution in [0, 0.1) is 12.8 Å². The average molecular weight is 525 g/mol. The number of amides is 2. The van der Waals surface area contributed by atoms with Gasteiger partial charge >= 0.3 is 0 Å². The number of aryl methyl sites for hydroxylation is 1. The van der Waals surface area contributed by atoms with E-state index < -0.39 is 5.91 Å². The van der Waals surface area contributed by atoms with E-state index in [1.165, 1.54) is 11.5 Å². The number of carbonyl (C=O) groups excluding carboxylic acids is 2. The van der Waals surface area contributed by atoms with Crippen LogP contribution < -0.4 is 26.2 Å². The summed E-state index contributed by atoms with van der Waals surface area (Å²) >= 11 is 1.28. The minimum Gasteiger partial charge on any atom is -0.378 e. The number of nitrogens with zero attached hydrogens (tertiary/aromatic N) is 5. The molecule has 3 aromatic rings. The number of primary amides is 1. The molecular formula is C26H36N8O2S. The molecule has 4 rings (SSSR count). The van der Waals surface area contributed by atoms with E-state index in [0.717, 1.165) is 42.3 Å². The maximum atomic E-state index is 12.5. The second-order valence-corrected chi connectivity index (χ2v) is 9.63. The van der Waals surface area contributed by atoms with Crippen LogP contribution in [0.3, 0.4) is 0 Å². The summed E-state index contributed by atoms with van der Waals surface area (Å²) in [5, 5.41) is 6.96. The third-order valence-electron chi connectivity index (χ3n) is 6.00. The molecule has 0 unspecified atom stereocenters. The molecule has 1 aliphatic heterocycles. The summed E-state index contributed by atoms with van der Waals surface area (Å²) in [6.07, 6.45) is 3.41. The maximum absolute atomic E-state index is 12.5. The molecule has 2 amide bonds. The van der Waals surface area contributed by atoms with Gasteiger partial charge in [0.05, 0.1) is 11.9 Å². The first-order chi connectivity index (χ1) is 17.8. The summed E-state index contributed by atoms with van der Waals surface area (Å²) < 4.78 is 4.24. The van der Waals surface area contributed by atoms with Crippen LogP contribution >= 0.6 is 11.5 Å². The molecule has 10 nitrogen and oxygen atoms in total. The van der Waals surface area contributed by atoms with Crippen molar-refractivity contribution in [2.75, 3.05) is 48.8 Å². The normalized spacial score (nSPS) is 13.4. The van der Waals surface area contributed by atoms with E-state index in [-0.39, 0.29) is 11.6 Å². The molecule has 1 aromatic carbocycles. The lowest BCUT2D eigenvalue weighted by Gasteiger charge is -2.33. The maximum Gasteiger partial charge on any atom is 0.271 e. The third kappa shape index (κ3) is 7.39. The zero-order valence-electron chi connectivity index (χ0n) is 22.1. The Bertz CT molecular complexity index is 1190. The number of rotatable bonds is 8. The first-order valence-corrected chi connectivity index (χ1v) is 13.2. The number of nitrogens with one attached hydrogen (secondary N) is 2. The summed E-state index contributed by atoms with van der Waals surface area (Å²) in [4.78, 5) is 37.4. The van der Waals surface area contributed by atoms with Gasteiger partial charge in [-0.1, -0.05) is 13.8 Å². The molecule has 0 atom stereocenters. The lowest BCUT2D eigenvalue weighted by molar-refractivity contribution is 0.0943. The van der Waals surface area contributed by atoms with E-state index in [2.05, 4.69) is 29.9 Å². The highest BCUT2D eigenvalue weighted by Crippen LogP contribution is 2.26. The van der Waals surface area contributed by atoms with E-state index in [0.29, 0.717) is 29.7 Å². The predicted octanol–water partition coefficient (Wildman–Crippen LogP) is 3.82. The van der Waals surface area contributed by atoms with Gasteiger partial charge in [0.2, 0.25) is 0 Å². The van der Waals surface area contributed by atoms with Gasteiger partial charge in [-0.3, -0.25) is 9.59 Å². The fraction of sp³-hybridized carbons (Fsp3) is 0.423. The standard InChI is InChI=1S/C24H30N8O2S.C2H6/c1-15-12-20(35-30-15)29-23-21(22(25)33)26-14-19(28-23)32-10-8-16(9-11-32)13-27-24(34)17-4-6-18(7-5-17)31(2)3;1-2/h4-7,12,14,16H,8-11,13H2,1-3H3,(H2,25,33)(H,27,34)(H,28,29);1-2H3. The monoisotopic (exact) mass is 524 g/mol. The van der Waals surface area contributed by atoms with Gasteiger partial charge in [-0.2, -0.15) is 4.37 Å². The SMILES string of the molecule is CC.Cc1cc(Nc2nc(N3CCC(CNC(=O)c4ccc(N(C)C)cc4)CC3)cnc2C(N)=O)sn1. The van der Waals surface area contributed by atoms with Crippen molar-refractivity contribution in [2.45, 2.75) is 33.6 Å². The van der Waals surface area contributed by atoms with Gasteiger partial charge in [0.25, 0.3) is 11.8 Å². The molecule has 198 valence electrons. The fourth-order valence-electron chi connectivity index (χ4n) is 3.96. The largest absolute Gasteiger partial charge is 0.378 e. The molecule has 1 fully saturated rings. The van der Waals surface area contributed by atoms with Crippen molar-refractivity contribution in [1.82, 2.24) is 19.7 Å². The van der Waals surface area contributed by atoms with E-state index in [9.17, 15) is 9.59 Å². The van der Waals surface area contributed by atoms with Crippen LogP contribution in [0.2, 0.25) is 0 Å². The van der Waals surface area contributed by atoms with Gasteiger partial charge in [-0.15, -0.1) is 0 Å². The zero-order chi connectivity index (χ0) is 26.9. The van der Waals surface area contributed by atoms with Crippen LogP contribution in [0.4, 0.5) is 22.3 Å². The van der Waals surface area contributed by atoms with Crippen LogP contribution in [0.25, 0.3) is 0 Å². The molecular weight excluding hydrogens is 488 g/mol. The number of hydrogen-bond donors (Lipinski definition) is 3. The highest BCUT2D eigenvalue weighted by Gasteiger charge is 2.23. The second-order valence-electron chi connectivity index (χ2n) is 8.83. The molecule has 0 aliphatic carbocycles. The molecule has 0 saturated carbocycles. The van der Waals surface area contributed by atoms with Gasteiger partial charge in [0, 0.05) is 45.0 Å². The highest BCUT2D eigenvalue weighted by molar-refractivity contribution is 7.10.